The molecule has 7 heteroatoms. The number of carbonyl (C=O) groups is 1. The minimum atomic E-state index is -0.0163. The second-order valence-electron chi connectivity index (χ2n) is 5.60. The van der Waals surface area contributed by atoms with Crippen molar-refractivity contribution in [2.75, 3.05) is 31.6 Å². The van der Waals surface area contributed by atoms with E-state index in [0.29, 0.717) is 35.7 Å². The lowest BCUT2D eigenvalue weighted by Gasteiger charge is -2.33. The maximum atomic E-state index is 11.9. The van der Waals surface area contributed by atoms with Gasteiger partial charge in [-0.3, -0.25) is 4.79 Å². The first-order chi connectivity index (χ1) is 10.6. The van der Waals surface area contributed by atoms with Crippen molar-refractivity contribution in [2.24, 2.45) is 0 Å². The van der Waals surface area contributed by atoms with Crippen LogP contribution in [-0.2, 0) is 4.79 Å². The van der Waals surface area contributed by atoms with Crippen LogP contribution in [0.15, 0.2) is 0 Å². The molecule has 0 N–H and O–H groups in total. The monoisotopic (exact) mass is 315 g/mol. The Morgan fingerprint density at radius 3 is 2.73 bits per heavy atom. The van der Waals surface area contributed by atoms with E-state index in [1.807, 2.05) is 0 Å². The summed E-state index contributed by atoms with van der Waals surface area (Å²) in [5.74, 6) is 0.626. The van der Waals surface area contributed by atoms with Crippen LogP contribution in [0.5, 0.6) is 0 Å². The van der Waals surface area contributed by atoms with Crippen LogP contribution in [0.3, 0.4) is 0 Å². The molecular formula is C15H14ClN5O. The number of pyridine rings is 1. The molecular weight excluding hydrogens is 302 g/mol. The van der Waals surface area contributed by atoms with Gasteiger partial charge in [0.25, 0.3) is 0 Å². The third-order valence-electron chi connectivity index (χ3n) is 4.11. The Kier molecular flexibility index (Phi) is 3.64. The van der Waals surface area contributed by atoms with E-state index in [9.17, 15) is 10.1 Å². The number of rotatable bonds is 2. The number of hydrogen-bond donors (Lipinski definition) is 0. The minimum absolute atomic E-state index is 0.0163. The fourth-order valence-corrected chi connectivity index (χ4v) is 2.92. The summed E-state index contributed by atoms with van der Waals surface area (Å²) in [6, 6.07) is 2.07. The predicted molar refractivity (Wildman–Crippen MR) is 82.0 cm³/mol. The zero-order valence-corrected chi connectivity index (χ0v) is 12.9. The summed E-state index contributed by atoms with van der Waals surface area (Å²) >= 11 is 6.16. The average Bonchev–Trinajstić information content (AvgIpc) is 3.33. The lowest BCUT2D eigenvalue weighted by atomic mass is 10.0. The van der Waals surface area contributed by atoms with Crippen molar-refractivity contribution < 1.29 is 4.79 Å². The smallest absolute Gasteiger partial charge is 0.241 e. The molecule has 2 heterocycles. The molecule has 6 nitrogen and oxygen atoms in total. The number of likely N-dealkylation sites (N-methyl/N-ethyl adjacent to an activating group) is 1. The molecule has 1 aromatic heterocycles. The van der Waals surface area contributed by atoms with E-state index in [1.165, 1.54) is 0 Å². The van der Waals surface area contributed by atoms with Gasteiger partial charge in [0.05, 0.1) is 18.7 Å². The van der Waals surface area contributed by atoms with Gasteiger partial charge in [-0.05, 0) is 24.3 Å². The zero-order valence-electron chi connectivity index (χ0n) is 12.1. The molecule has 3 rings (SSSR count). The van der Waals surface area contributed by atoms with Gasteiger partial charge in [-0.2, -0.15) is 5.26 Å². The van der Waals surface area contributed by atoms with Crippen LogP contribution < -0.4 is 4.90 Å². The number of amides is 1. The third kappa shape index (κ3) is 2.36. The largest absolute Gasteiger partial charge is 0.354 e. The van der Waals surface area contributed by atoms with Crippen LogP contribution in [0.1, 0.15) is 29.9 Å². The first-order valence-electron chi connectivity index (χ1n) is 7.06. The number of anilines is 1. The molecule has 1 saturated heterocycles. The molecule has 0 aromatic carbocycles. The second-order valence-corrected chi connectivity index (χ2v) is 5.96. The molecule has 1 aliphatic heterocycles. The molecule has 1 saturated carbocycles. The number of nitriles is 1. The number of aromatic nitrogens is 1. The maximum absolute atomic E-state index is 11.9. The molecule has 1 aromatic rings. The highest BCUT2D eigenvalue weighted by Crippen LogP contribution is 2.50. The Bertz CT molecular complexity index is 729. The van der Waals surface area contributed by atoms with Gasteiger partial charge in [-0.25, -0.2) is 9.83 Å². The van der Waals surface area contributed by atoms with Gasteiger partial charge in [0.1, 0.15) is 17.0 Å². The molecule has 1 amide bonds. The van der Waals surface area contributed by atoms with Crippen LogP contribution >= 0.6 is 11.6 Å². The highest BCUT2D eigenvalue weighted by atomic mass is 35.5. The fourth-order valence-electron chi connectivity index (χ4n) is 2.70. The summed E-state index contributed by atoms with van der Waals surface area (Å²) < 4.78 is 0. The number of carbonyl (C=O) groups excluding carboxylic acids is 1. The average molecular weight is 316 g/mol. The van der Waals surface area contributed by atoms with Gasteiger partial charge in [-0.15, -0.1) is 0 Å². The number of piperazine rings is 1. The molecule has 2 aliphatic rings. The Morgan fingerprint density at radius 1 is 1.45 bits per heavy atom. The Hall–Kier alpha value is -2.31. The van der Waals surface area contributed by atoms with Crippen LogP contribution in [0, 0.1) is 17.9 Å². The van der Waals surface area contributed by atoms with Crippen LogP contribution in [0.25, 0.3) is 4.85 Å². The summed E-state index contributed by atoms with van der Waals surface area (Å²) in [6.07, 6.45) is 1.91. The van der Waals surface area contributed by atoms with Gasteiger partial charge >= 0.3 is 0 Å². The Morgan fingerprint density at radius 2 is 2.18 bits per heavy atom. The zero-order chi connectivity index (χ0) is 15.9. The van der Waals surface area contributed by atoms with Crippen molar-refractivity contribution in [3.63, 3.8) is 0 Å². The number of nitrogens with zero attached hydrogens (tertiary/aromatic N) is 5. The number of hydrogen-bond acceptors (Lipinski definition) is 4. The molecule has 0 unspecified atom stereocenters. The first-order valence-corrected chi connectivity index (χ1v) is 7.44. The quantitative estimate of drug-likeness (QED) is 0.620. The molecule has 112 valence electrons. The predicted octanol–water partition coefficient (Wildman–Crippen LogP) is 2.31. The van der Waals surface area contributed by atoms with Crippen LogP contribution in [-0.4, -0.2) is 42.5 Å². The van der Waals surface area contributed by atoms with E-state index in [-0.39, 0.29) is 23.5 Å². The summed E-state index contributed by atoms with van der Waals surface area (Å²) in [7, 11) is 1.75. The van der Waals surface area contributed by atoms with Gasteiger partial charge in [0.15, 0.2) is 0 Å². The summed E-state index contributed by atoms with van der Waals surface area (Å²) in [5.41, 5.74) is 1.39. The molecule has 0 spiro atoms. The lowest BCUT2D eigenvalue weighted by Crippen LogP contribution is -2.48. The third-order valence-corrected chi connectivity index (χ3v) is 4.39. The van der Waals surface area contributed by atoms with E-state index in [2.05, 4.69) is 15.9 Å². The lowest BCUT2D eigenvalue weighted by molar-refractivity contribution is -0.129. The SMILES string of the molecule is [C-]#[N+]c1c(N2CCN(C)C(=O)C2)nc(Cl)c(C#N)c1C1CC1. The van der Waals surface area contributed by atoms with E-state index in [1.54, 1.807) is 16.8 Å². The highest BCUT2D eigenvalue weighted by Gasteiger charge is 2.34. The molecule has 0 atom stereocenters. The second kappa shape index (κ2) is 5.47. The topological polar surface area (TPSA) is 64.6 Å². The fraction of sp³-hybridized carbons (Fsp3) is 0.467. The maximum Gasteiger partial charge on any atom is 0.241 e. The van der Waals surface area contributed by atoms with Crippen molar-refractivity contribution in [1.29, 1.82) is 5.26 Å². The summed E-state index contributed by atoms with van der Waals surface area (Å²) in [6.45, 7) is 8.87. The van der Waals surface area contributed by atoms with E-state index in [0.717, 1.165) is 12.8 Å². The van der Waals surface area contributed by atoms with Crippen molar-refractivity contribution in [1.82, 2.24) is 9.88 Å². The minimum Gasteiger partial charge on any atom is -0.354 e. The van der Waals surface area contributed by atoms with Crippen LogP contribution in [0.2, 0.25) is 5.15 Å². The normalized spacial score (nSPS) is 18.1. The van der Waals surface area contributed by atoms with Crippen molar-refractivity contribution >= 4 is 29.0 Å². The van der Waals surface area contributed by atoms with Gasteiger partial charge < -0.3 is 9.80 Å². The van der Waals surface area contributed by atoms with Gasteiger partial charge in [-0.1, -0.05) is 11.6 Å². The summed E-state index contributed by atoms with van der Waals surface area (Å²) in [5, 5.41) is 9.45. The van der Waals surface area contributed by atoms with Crippen molar-refractivity contribution in [3.05, 3.63) is 27.7 Å². The van der Waals surface area contributed by atoms with Crippen LogP contribution in [0.4, 0.5) is 11.5 Å². The highest BCUT2D eigenvalue weighted by molar-refractivity contribution is 6.31. The Labute approximate surface area is 133 Å². The summed E-state index contributed by atoms with van der Waals surface area (Å²) in [4.78, 5) is 23.2. The number of halogens is 1. The standard InChI is InChI=1S/C15H14ClN5O/c1-18-13-12(9-3-4-9)10(7-17)14(16)19-15(13)21-6-5-20(2)11(22)8-21/h9H,3-6,8H2,2H3. The molecule has 0 bridgehead atoms. The Balaban J connectivity index is 2.11. The first kappa shape index (κ1) is 14.6. The van der Waals surface area contributed by atoms with Gasteiger partial charge in [0, 0.05) is 20.1 Å². The molecule has 22 heavy (non-hydrogen) atoms. The van der Waals surface area contributed by atoms with E-state index >= 15 is 0 Å². The molecule has 2 fully saturated rings. The van der Waals surface area contributed by atoms with Crippen molar-refractivity contribution in [3.8, 4) is 6.07 Å². The molecule has 0 radical (unpaired) electrons. The van der Waals surface area contributed by atoms with Crippen molar-refractivity contribution in [2.45, 2.75) is 18.8 Å². The molecule has 1 aliphatic carbocycles. The van der Waals surface area contributed by atoms with E-state index < -0.39 is 0 Å². The van der Waals surface area contributed by atoms with E-state index in [4.69, 9.17) is 18.2 Å². The van der Waals surface area contributed by atoms with Gasteiger partial charge in [0.2, 0.25) is 11.6 Å².